The summed E-state index contributed by atoms with van der Waals surface area (Å²) in [6.45, 7) is 6.72. The Morgan fingerprint density at radius 3 is 2.33 bits per heavy atom. The van der Waals surface area contributed by atoms with E-state index in [-0.39, 0.29) is 5.78 Å². The summed E-state index contributed by atoms with van der Waals surface area (Å²) in [6, 6.07) is 0. The van der Waals surface area contributed by atoms with Gasteiger partial charge >= 0.3 is 0 Å². The normalized spacial score (nSPS) is 31.5. The molecular formula is C13H24O2. The Bertz CT molecular complexity index is 203. The minimum Gasteiger partial charge on any atom is -0.367 e. The molecule has 0 heterocycles. The van der Waals surface area contributed by atoms with E-state index in [0.29, 0.717) is 0 Å². The van der Waals surface area contributed by atoms with Crippen LogP contribution in [0.15, 0.2) is 0 Å². The fourth-order valence-corrected chi connectivity index (χ4v) is 2.45. The highest BCUT2D eigenvalue weighted by atomic mass is 16.5. The molecule has 0 spiro atoms. The van der Waals surface area contributed by atoms with Crippen molar-refractivity contribution >= 4 is 5.78 Å². The molecule has 0 N–H and O–H groups in total. The second kappa shape index (κ2) is 5.64. The molecule has 0 saturated heterocycles. The van der Waals surface area contributed by atoms with Gasteiger partial charge in [0.15, 0.2) is 5.78 Å². The number of ketones is 1. The van der Waals surface area contributed by atoms with Gasteiger partial charge in [-0.15, -0.1) is 0 Å². The molecule has 0 amide bonds. The van der Waals surface area contributed by atoms with Crippen molar-refractivity contribution < 1.29 is 9.53 Å². The maximum atomic E-state index is 11.7. The summed E-state index contributed by atoms with van der Waals surface area (Å²) in [7, 11) is 0. The monoisotopic (exact) mass is 212 g/mol. The molecule has 1 aliphatic carbocycles. The van der Waals surface area contributed by atoms with Crippen molar-refractivity contribution in [2.24, 2.45) is 5.92 Å². The highest BCUT2D eigenvalue weighted by molar-refractivity contribution is 5.85. The lowest BCUT2D eigenvalue weighted by molar-refractivity contribution is -0.149. The second-order valence-corrected chi connectivity index (χ2v) is 4.75. The van der Waals surface area contributed by atoms with E-state index in [2.05, 4.69) is 13.8 Å². The standard InChI is InChI=1S/C13H24O2/c1-4-10-15-13(11(3)14)8-6-12(5-2)7-9-13/h12H,4-10H2,1-3H3. The van der Waals surface area contributed by atoms with Crippen LogP contribution < -0.4 is 0 Å². The lowest BCUT2D eigenvalue weighted by Crippen LogP contribution is -2.43. The molecule has 0 atom stereocenters. The molecule has 88 valence electrons. The van der Waals surface area contributed by atoms with E-state index in [1.165, 1.54) is 6.42 Å². The molecule has 1 rings (SSSR count). The quantitative estimate of drug-likeness (QED) is 0.698. The molecule has 0 unspecified atom stereocenters. The van der Waals surface area contributed by atoms with Crippen LogP contribution in [0.5, 0.6) is 0 Å². The topological polar surface area (TPSA) is 26.3 Å². The molecule has 15 heavy (non-hydrogen) atoms. The Kier molecular flexibility index (Phi) is 4.78. The summed E-state index contributed by atoms with van der Waals surface area (Å²) in [4.78, 5) is 11.7. The first-order chi connectivity index (χ1) is 7.14. The van der Waals surface area contributed by atoms with Gasteiger partial charge in [-0.25, -0.2) is 0 Å². The Morgan fingerprint density at radius 1 is 1.33 bits per heavy atom. The molecule has 1 aliphatic rings. The number of Topliss-reactive ketones (excluding diaryl/α,β-unsaturated/α-hetero) is 1. The van der Waals surface area contributed by atoms with E-state index in [1.807, 2.05) is 0 Å². The molecule has 2 heteroatoms. The van der Waals surface area contributed by atoms with Crippen molar-refractivity contribution in [1.29, 1.82) is 0 Å². The van der Waals surface area contributed by atoms with Crippen molar-refractivity contribution in [3.8, 4) is 0 Å². The van der Waals surface area contributed by atoms with E-state index in [9.17, 15) is 4.79 Å². The van der Waals surface area contributed by atoms with Gasteiger partial charge < -0.3 is 4.74 Å². The number of carbonyl (C=O) groups is 1. The minimum absolute atomic E-state index is 0.227. The van der Waals surface area contributed by atoms with Crippen LogP contribution in [0.25, 0.3) is 0 Å². The molecule has 0 aromatic rings. The van der Waals surface area contributed by atoms with E-state index in [4.69, 9.17) is 4.74 Å². The average Bonchev–Trinajstić information content (AvgIpc) is 2.27. The Labute approximate surface area is 93.4 Å². The number of carbonyl (C=O) groups excluding carboxylic acids is 1. The number of ether oxygens (including phenoxy) is 1. The molecule has 0 aromatic heterocycles. The first-order valence-corrected chi connectivity index (χ1v) is 6.29. The zero-order valence-electron chi connectivity index (χ0n) is 10.3. The molecule has 0 radical (unpaired) electrons. The molecule has 1 saturated carbocycles. The third kappa shape index (κ3) is 3.04. The van der Waals surface area contributed by atoms with Gasteiger partial charge in [0, 0.05) is 6.61 Å². The van der Waals surface area contributed by atoms with E-state index >= 15 is 0 Å². The fourth-order valence-electron chi connectivity index (χ4n) is 2.45. The molecule has 0 aliphatic heterocycles. The number of hydrogen-bond acceptors (Lipinski definition) is 2. The van der Waals surface area contributed by atoms with E-state index in [1.54, 1.807) is 6.92 Å². The first kappa shape index (κ1) is 12.7. The average molecular weight is 212 g/mol. The maximum absolute atomic E-state index is 11.7. The lowest BCUT2D eigenvalue weighted by atomic mass is 9.76. The third-order valence-electron chi connectivity index (χ3n) is 3.71. The minimum atomic E-state index is -0.429. The smallest absolute Gasteiger partial charge is 0.161 e. The van der Waals surface area contributed by atoms with Crippen LogP contribution in [0.4, 0.5) is 0 Å². The van der Waals surface area contributed by atoms with Crippen LogP contribution in [0, 0.1) is 5.92 Å². The van der Waals surface area contributed by atoms with Gasteiger partial charge in [-0.05, 0) is 44.9 Å². The van der Waals surface area contributed by atoms with Gasteiger partial charge in [0.2, 0.25) is 0 Å². The van der Waals surface area contributed by atoms with Crippen LogP contribution in [-0.2, 0) is 9.53 Å². The predicted molar refractivity (Wildman–Crippen MR) is 61.9 cm³/mol. The van der Waals surface area contributed by atoms with Crippen molar-refractivity contribution in [3.63, 3.8) is 0 Å². The van der Waals surface area contributed by atoms with Crippen LogP contribution in [0.2, 0.25) is 0 Å². The van der Waals surface area contributed by atoms with Gasteiger partial charge in [0.25, 0.3) is 0 Å². The first-order valence-electron chi connectivity index (χ1n) is 6.29. The Hall–Kier alpha value is -0.370. The summed E-state index contributed by atoms with van der Waals surface area (Å²) in [6.07, 6.45) is 6.40. The lowest BCUT2D eigenvalue weighted by Gasteiger charge is -2.38. The Morgan fingerprint density at radius 2 is 1.93 bits per heavy atom. The molecule has 0 aromatic carbocycles. The van der Waals surface area contributed by atoms with Crippen LogP contribution in [-0.4, -0.2) is 18.0 Å². The van der Waals surface area contributed by atoms with Crippen LogP contribution in [0.3, 0.4) is 0 Å². The van der Waals surface area contributed by atoms with Crippen molar-refractivity contribution in [1.82, 2.24) is 0 Å². The second-order valence-electron chi connectivity index (χ2n) is 4.75. The maximum Gasteiger partial charge on any atom is 0.161 e. The largest absolute Gasteiger partial charge is 0.367 e. The summed E-state index contributed by atoms with van der Waals surface area (Å²) < 4.78 is 5.82. The summed E-state index contributed by atoms with van der Waals surface area (Å²) in [5, 5.41) is 0. The van der Waals surface area contributed by atoms with E-state index < -0.39 is 5.60 Å². The number of rotatable bonds is 5. The summed E-state index contributed by atoms with van der Waals surface area (Å²) in [5.74, 6) is 1.04. The number of hydrogen-bond donors (Lipinski definition) is 0. The highest BCUT2D eigenvalue weighted by Gasteiger charge is 2.39. The van der Waals surface area contributed by atoms with Gasteiger partial charge in [-0.3, -0.25) is 4.79 Å². The van der Waals surface area contributed by atoms with E-state index in [0.717, 1.165) is 44.6 Å². The van der Waals surface area contributed by atoms with Gasteiger partial charge in [0.05, 0.1) is 0 Å². The van der Waals surface area contributed by atoms with Gasteiger partial charge in [-0.2, -0.15) is 0 Å². The van der Waals surface area contributed by atoms with Crippen molar-refractivity contribution in [3.05, 3.63) is 0 Å². The zero-order valence-corrected chi connectivity index (χ0v) is 10.3. The Balaban J connectivity index is 2.56. The molecule has 0 bridgehead atoms. The van der Waals surface area contributed by atoms with Crippen molar-refractivity contribution in [2.75, 3.05) is 6.61 Å². The fraction of sp³-hybridized carbons (Fsp3) is 0.923. The SMILES string of the molecule is CCCOC1(C(C)=O)CCC(CC)CC1. The summed E-state index contributed by atoms with van der Waals surface area (Å²) in [5.41, 5.74) is -0.429. The van der Waals surface area contributed by atoms with Gasteiger partial charge in [-0.1, -0.05) is 20.3 Å². The van der Waals surface area contributed by atoms with Crippen LogP contribution >= 0.6 is 0 Å². The third-order valence-corrected chi connectivity index (χ3v) is 3.71. The predicted octanol–water partition coefficient (Wildman–Crippen LogP) is 3.34. The van der Waals surface area contributed by atoms with Crippen LogP contribution in [0.1, 0.15) is 59.3 Å². The zero-order chi connectivity index (χ0) is 11.3. The molecule has 1 fully saturated rings. The van der Waals surface area contributed by atoms with Gasteiger partial charge in [0.1, 0.15) is 5.60 Å². The molecule has 2 nitrogen and oxygen atoms in total. The van der Waals surface area contributed by atoms with Crippen molar-refractivity contribution in [2.45, 2.75) is 64.9 Å². The summed E-state index contributed by atoms with van der Waals surface area (Å²) >= 11 is 0. The highest BCUT2D eigenvalue weighted by Crippen LogP contribution is 2.36. The molecular weight excluding hydrogens is 188 g/mol.